The average Bonchev–Trinajstić information content (AvgIpc) is 3.21. The molecular weight excluding hydrogens is 385 g/mol. The largest absolute Gasteiger partial charge is 0.319 e. The number of hydrogen-bond donors (Lipinski definition) is 0. The molecule has 0 spiro atoms. The molecule has 0 N–H and O–H groups in total. The van der Waals surface area contributed by atoms with Gasteiger partial charge in [0, 0.05) is 55.9 Å². The van der Waals surface area contributed by atoms with Crippen molar-refractivity contribution in [3.63, 3.8) is 0 Å². The Hall–Kier alpha value is -4.25. The van der Waals surface area contributed by atoms with Crippen LogP contribution < -0.4 is 11.1 Å². The number of nitriles is 1. The molecule has 0 aliphatic carbocycles. The topological polar surface area (TPSA) is 85.6 Å². The first-order chi connectivity index (χ1) is 14.4. The maximum Gasteiger partial charge on any atom is 0.250 e. The molecule has 148 valence electrons. The molecule has 0 saturated carbocycles. The summed E-state index contributed by atoms with van der Waals surface area (Å²) >= 11 is 0. The highest BCUT2D eigenvalue weighted by molar-refractivity contribution is 5.82. The molecule has 0 aliphatic heterocycles. The van der Waals surface area contributed by atoms with E-state index in [9.17, 15) is 19.2 Å². The Morgan fingerprint density at radius 1 is 0.967 bits per heavy atom. The van der Waals surface area contributed by atoms with E-state index in [0.29, 0.717) is 27.9 Å². The number of rotatable bonds is 3. The van der Waals surface area contributed by atoms with Crippen molar-refractivity contribution in [2.45, 2.75) is 0 Å². The third-order valence-electron chi connectivity index (χ3n) is 4.89. The number of benzene rings is 1. The first-order valence-corrected chi connectivity index (χ1v) is 9.01. The van der Waals surface area contributed by atoms with Gasteiger partial charge in [0.2, 0.25) is 0 Å². The minimum atomic E-state index is -0.630. The number of pyridine rings is 2. The highest BCUT2D eigenvalue weighted by atomic mass is 19.1. The van der Waals surface area contributed by atoms with E-state index in [1.807, 2.05) is 6.07 Å². The van der Waals surface area contributed by atoms with Crippen LogP contribution in [-0.4, -0.2) is 18.9 Å². The minimum absolute atomic E-state index is 0.112. The normalized spacial score (nSPS) is 10.7. The van der Waals surface area contributed by atoms with Gasteiger partial charge in [0.15, 0.2) is 0 Å². The quantitative estimate of drug-likeness (QED) is 0.528. The molecule has 3 aromatic heterocycles. The number of nitrogens with zero attached hydrogens (tertiary/aromatic N) is 5. The molecule has 0 bridgehead atoms. The lowest BCUT2D eigenvalue weighted by molar-refractivity contribution is 0.621. The van der Waals surface area contributed by atoms with Crippen molar-refractivity contribution >= 4 is 0 Å². The van der Waals surface area contributed by atoms with Gasteiger partial charge in [-0.05, 0) is 29.3 Å². The summed E-state index contributed by atoms with van der Waals surface area (Å²) in [5, 5.41) is 13.6. The molecule has 8 heteroatoms. The van der Waals surface area contributed by atoms with Crippen molar-refractivity contribution in [1.82, 2.24) is 18.9 Å². The fraction of sp³-hybridized carbons (Fsp3) is 0.0909. The van der Waals surface area contributed by atoms with E-state index in [-0.39, 0.29) is 16.7 Å². The molecule has 4 rings (SSSR count). The van der Waals surface area contributed by atoms with Crippen LogP contribution >= 0.6 is 0 Å². The smallest absolute Gasteiger partial charge is 0.250 e. The van der Waals surface area contributed by atoms with Gasteiger partial charge < -0.3 is 9.13 Å². The first kappa shape index (κ1) is 19.1. The maximum atomic E-state index is 14.0. The number of aryl methyl sites for hydroxylation is 2. The van der Waals surface area contributed by atoms with Gasteiger partial charge in [-0.3, -0.25) is 9.59 Å². The highest BCUT2D eigenvalue weighted by Crippen LogP contribution is 2.30. The van der Waals surface area contributed by atoms with Gasteiger partial charge in [0.05, 0.1) is 11.9 Å². The second-order valence-corrected chi connectivity index (χ2v) is 6.83. The van der Waals surface area contributed by atoms with Crippen LogP contribution in [0.25, 0.3) is 27.9 Å². The number of hydrogen-bond acceptors (Lipinski definition) is 4. The molecule has 0 unspecified atom stereocenters. The molecule has 0 atom stereocenters. The molecular formula is C22H16FN5O2. The lowest BCUT2D eigenvalue weighted by Crippen LogP contribution is -2.17. The van der Waals surface area contributed by atoms with Crippen molar-refractivity contribution in [2.75, 3.05) is 0 Å². The Morgan fingerprint density at radius 3 is 2.47 bits per heavy atom. The van der Waals surface area contributed by atoms with Crippen LogP contribution in [0.5, 0.6) is 0 Å². The van der Waals surface area contributed by atoms with Gasteiger partial charge in [-0.25, -0.2) is 9.07 Å². The molecule has 0 fully saturated rings. The van der Waals surface area contributed by atoms with E-state index in [4.69, 9.17) is 0 Å². The van der Waals surface area contributed by atoms with Gasteiger partial charge in [-0.15, -0.1) is 0 Å². The summed E-state index contributed by atoms with van der Waals surface area (Å²) in [4.78, 5) is 24.4. The summed E-state index contributed by atoms with van der Waals surface area (Å²) in [6.45, 7) is 0. The lowest BCUT2D eigenvalue weighted by atomic mass is 9.99. The zero-order valence-electron chi connectivity index (χ0n) is 16.2. The van der Waals surface area contributed by atoms with E-state index in [2.05, 4.69) is 5.10 Å². The van der Waals surface area contributed by atoms with E-state index in [1.54, 1.807) is 51.0 Å². The molecule has 0 aliphatic rings. The van der Waals surface area contributed by atoms with Gasteiger partial charge in [-0.2, -0.15) is 10.4 Å². The van der Waals surface area contributed by atoms with E-state index >= 15 is 0 Å². The van der Waals surface area contributed by atoms with E-state index in [0.717, 1.165) is 0 Å². The zero-order valence-corrected chi connectivity index (χ0v) is 16.2. The molecule has 7 nitrogen and oxygen atoms in total. The second kappa shape index (κ2) is 7.29. The SMILES string of the molecule is Cn1ccc(-c2cc(=O)n(C)cc2-c2cnn(-c3cccc(F)c3C#N)c2)cc1=O. The Bertz CT molecular complexity index is 1440. The maximum absolute atomic E-state index is 14.0. The number of halogens is 1. The second-order valence-electron chi connectivity index (χ2n) is 6.83. The summed E-state index contributed by atoms with van der Waals surface area (Å²) in [6.07, 6.45) is 6.51. The summed E-state index contributed by atoms with van der Waals surface area (Å²) in [5.74, 6) is -0.630. The lowest BCUT2D eigenvalue weighted by Gasteiger charge is -2.11. The van der Waals surface area contributed by atoms with Crippen LogP contribution in [0, 0.1) is 17.1 Å². The predicted molar refractivity (Wildman–Crippen MR) is 110 cm³/mol. The molecule has 0 amide bonds. The van der Waals surface area contributed by atoms with Crippen molar-refractivity contribution in [2.24, 2.45) is 14.1 Å². The summed E-state index contributed by atoms with van der Waals surface area (Å²) < 4.78 is 18.3. The van der Waals surface area contributed by atoms with Crippen molar-refractivity contribution in [1.29, 1.82) is 5.26 Å². The third kappa shape index (κ3) is 3.22. The molecule has 1 aromatic carbocycles. The monoisotopic (exact) mass is 401 g/mol. The van der Waals surface area contributed by atoms with Crippen LogP contribution in [0.3, 0.4) is 0 Å². The zero-order chi connectivity index (χ0) is 21.4. The fourth-order valence-electron chi connectivity index (χ4n) is 3.22. The molecule has 30 heavy (non-hydrogen) atoms. The van der Waals surface area contributed by atoms with Crippen LogP contribution in [0.4, 0.5) is 4.39 Å². The van der Waals surface area contributed by atoms with Gasteiger partial charge in [-0.1, -0.05) is 6.07 Å². The Kier molecular flexibility index (Phi) is 4.64. The summed E-state index contributed by atoms with van der Waals surface area (Å²) in [6, 6.07) is 10.9. The third-order valence-corrected chi connectivity index (χ3v) is 4.89. The Morgan fingerprint density at radius 2 is 1.73 bits per heavy atom. The summed E-state index contributed by atoms with van der Waals surface area (Å²) in [7, 11) is 3.28. The first-order valence-electron chi connectivity index (χ1n) is 9.01. The van der Waals surface area contributed by atoms with Crippen molar-refractivity contribution in [3.8, 4) is 34.0 Å². The number of aromatic nitrogens is 4. The predicted octanol–water partition coefficient (Wildman–Crippen LogP) is 2.61. The fourth-order valence-corrected chi connectivity index (χ4v) is 3.22. The van der Waals surface area contributed by atoms with Crippen LogP contribution in [-0.2, 0) is 14.1 Å². The van der Waals surface area contributed by atoms with Gasteiger partial charge >= 0.3 is 0 Å². The highest BCUT2D eigenvalue weighted by Gasteiger charge is 2.15. The Labute approximate surface area is 170 Å². The minimum Gasteiger partial charge on any atom is -0.319 e. The van der Waals surface area contributed by atoms with Crippen LogP contribution in [0.1, 0.15) is 5.56 Å². The Balaban J connectivity index is 1.91. The van der Waals surface area contributed by atoms with Crippen molar-refractivity contribution in [3.05, 3.63) is 93.3 Å². The van der Waals surface area contributed by atoms with E-state index in [1.165, 1.54) is 38.1 Å². The summed E-state index contributed by atoms with van der Waals surface area (Å²) in [5.41, 5.74) is 2.27. The molecule has 0 saturated heterocycles. The standard InChI is InChI=1S/C22H16FN5O2/c1-26-7-6-14(8-21(26)29)16-9-22(30)27(2)13-18(16)15-11-25-28(12-15)20-5-3-4-19(23)17(20)10-24/h3-9,11-13H,1-2H3. The van der Waals surface area contributed by atoms with E-state index < -0.39 is 5.82 Å². The van der Waals surface area contributed by atoms with Gasteiger partial charge in [0.25, 0.3) is 11.1 Å². The average molecular weight is 401 g/mol. The molecule has 0 radical (unpaired) electrons. The van der Waals surface area contributed by atoms with Gasteiger partial charge in [0.1, 0.15) is 17.4 Å². The van der Waals surface area contributed by atoms with Crippen LogP contribution in [0.15, 0.2) is 70.8 Å². The molecule has 4 aromatic rings. The van der Waals surface area contributed by atoms with Crippen molar-refractivity contribution < 1.29 is 4.39 Å². The van der Waals surface area contributed by atoms with Crippen LogP contribution in [0.2, 0.25) is 0 Å². The molecule has 3 heterocycles.